The van der Waals surface area contributed by atoms with E-state index in [4.69, 9.17) is 4.74 Å². The molecule has 3 aromatic heterocycles. The van der Waals surface area contributed by atoms with Crippen LogP contribution in [0.15, 0.2) is 42.9 Å². The van der Waals surface area contributed by atoms with E-state index < -0.39 is 11.7 Å². The van der Waals surface area contributed by atoms with Crippen molar-refractivity contribution in [3.05, 3.63) is 59.8 Å². The van der Waals surface area contributed by atoms with Gasteiger partial charge >= 0.3 is 6.18 Å². The van der Waals surface area contributed by atoms with E-state index in [-0.39, 0.29) is 30.1 Å². The van der Waals surface area contributed by atoms with Gasteiger partial charge in [-0.05, 0) is 43.9 Å². The maximum Gasteiger partial charge on any atom is 0.417 e. The van der Waals surface area contributed by atoms with E-state index in [1.165, 1.54) is 23.3 Å². The van der Waals surface area contributed by atoms with Gasteiger partial charge in [0.2, 0.25) is 5.88 Å². The van der Waals surface area contributed by atoms with Crippen LogP contribution in [0.1, 0.15) is 41.5 Å². The van der Waals surface area contributed by atoms with Crippen molar-refractivity contribution >= 4 is 5.91 Å². The van der Waals surface area contributed by atoms with Gasteiger partial charge in [0, 0.05) is 24.5 Å². The lowest BCUT2D eigenvalue weighted by molar-refractivity contribution is -0.137. The van der Waals surface area contributed by atoms with Crippen molar-refractivity contribution in [3.8, 4) is 11.6 Å². The van der Waals surface area contributed by atoms with Crippen molar-refractivity contribution in [3.63, 3.8) is 0 Å². The molecule has 1 saturated heterocycles. The summed E-state index contributed by atoms with van der Waals surface area (Å²) in [6, 6.07) is 5.36. The first-order valence-electron chi connectivity index (χ1n) is 10.5. The average molecular weight is 460 g/mol. The summed E-state index contributed by atoms with van der Waals surface area (Å²) in [7, 11) is 0. The summed E-state index contributed by atoms with van der Waals surface area (Å²) in [5.41, 5.74) is 0.543. The topological polar surface area (TPSA) is 86.0 Å². The molecular formula is C22H23F3N6O2. The van der Waals surface area contributed by atoms with Gasteiger partial charge < -0.3 is 9.64 Å². The maximum atomic E-state index is 13.5. The molecule has 1 unspecified atom stereocenters. The number of ether oxygens (including phenoxy) is 1. The SMILES string of the molecule is Cc1ccc(-n2nccn2)c(C(=O)N2CC[C@H](C)CC2COc2ccc(C(F)(F)F)cn2)n1. The molecule has 0 aromatic carbocycles. The van der Waals surface area contributed by atoms with Crippen LogP contribution in [0.25, 0.3) is 5.69 Å². The summed E-state index contributed by atoms with van der Waals surface area (Å²) in [5, 5.41) is 8.24. The summed E-state index contributed by atoms with van der Waals surface area (Å²) in [5.74, 6) is 0.163. The van der Waals surface area contributed by atoms with Crippen LogP contribution >= 0.6 is 0 Å². The van der Waals surface area contributed by atoms with Crippen molar-refractivity contribution < 1.29 is 22.7 Å². The highest BCUT2D eigenvalue weighted by Gasteiger charge is 2.34. The Labute approximate surface area is 188 Å². The predicted molar refractivity (Wildman–Crippen MR) is 112 cm³/mol. The Bertz CT molecular complexity index is 1100. The first-order chi connectivity index (χ1) is 15.7. The van der Waals surface area contributed by atoms with Gasteiger partial charge in [-0.25, -0.2) is 9.97 Å². The molecule has 2 atom stereocenters. The quantitative estimate of drug-likeness (QED) is 0.577. The fraction of sp³-hybridized carbons (Fsp3) is 0.409. The molecule has 1 fully saturated rings. The molecule has 0 bridgehead atoms. The molecule has 1 aliphatic rings. The third kappa shape index (κ3) is 5.12. The highest BCUT2D eigenvalue weighted by atomic mass is 19.4. The molecule has 174 valence electrons. The molecule has 0 spiro atoms. The number of nitrogens with zero attached hydrogens (tertiary/aromatic N) is 6. The smallest absolute Gasteiger partial charge is 0.417 e. The van der Waals surface area contributed by atoms with Crippen molar-refractivity contribution in [2.45, 2.75) is 38.9 Å². The Hall–Kier alpha value is -3.50. The van der Waals surface area contributed by atoms with Crippen LogP contribution in [0.5, 0.6) is 5.88 Å². The molecule has 3 aromatic rings. The van der Waals surface area contributed by atoms with E-state index in [9.17, 15) is 18.0 Å². The summed E-state index contributed by atoms with van der Waals surface area (Å²) >= 11 is 0. The summed E-state index contributed by atoms with van der Waals surface area (Å²) < 4.78 is 44.0. The molecule has 0 saturated carbocycles. The fourth-order valence-corrected chi connectivity index (χ4v) is 3.84. The Kier molecular flexibility index (Phi) is 6.30. The molecule has 0 N–H and O–H groups in total. The van der Waals surface area contributed by atoms with E-state index in [2.05, 4.69) is 27.1 Å². The van der Waals surface area contributed by atoms with Crippen LogP contribution in [-0.2, 0) is 6.18 Å². The second-order valence-electron chi connectivity index (χ2n) is 8.11. The van der Waals surface area contributed by atoms with Crippen LogP contribution in [0.4, 0.5) is 13.2 Å². The predicted octanol–water partition coefficient (Wildman–Crippen LogP) is 3.70. The molecule has 33 heavy (non-hydrogen) atoms. The number of aryl methyl sites for hydroxylation is 1. The van der Waals surface area contributed by atoms with Gasteiger partial charge in [0.15, 0.2) is 5.69 Å². The zero-order valence-corrected chi connectivity index (χ0v) is 18.2. The molecule has 4 heterocycles. The third-order valence-electron chi connectivity index (χ3n) is 5.58. The second kappa shape index (κ2) is 9.16. The van der Waals surface area contributed by atoms with Gasteiger partial charge in [0.25, 0.3) is 5.91 Å². The summed E-state index contributed by atoms with van der Waals surface area (Å²) in [6.07, 6.45) is 0.821. The molecule has 0 radical (unpaired) electrons. The molecule has 1 amide bonds. The first-order valence-corrected chi connectivity index (χ1v) is 10.5. The standard InChI is InChI=1S/C22H23F3N6O2/c1-14-7-10-30(17(11-14)13-33-19-6-4-16(12-26-19)22(23,24)25)21(32)20-18(5-3-15(2)29-20)31-27-8-9-28-31/h3-6,8-9,12,14,17H,7,10-11,13H2,1-2H3/t14-,17?/m0/s1. The highest BCUT2D eigenvalue weighted by Crippen LogP contribution is 2.30. The molecule has 1 aliphatic heterocycles. The lowest BCUT2D eigenvalue weighted by Gasteiger charge is -2.38. The van der Waals surface area contributed by atoms with Crippen LogP contribution < -0.4 is 4.74 Å². The monoisotopic (exact) mass is 460 g/mol. The zero-order valence-electron chi connectivity index (χ0n) is 18.2. The number of carbonyl (C=O) groups is 1. The lowest BCUT2D eigenvalue weighted by atomic mass is 9.92. The molecular weight excluding hydrogens is 437 g/mol. The number of amides is 1. The molecule has 4 rings (SSSR count). The van der Waals surface area contributed by atoms with E-state index in [0.717, 1.165) is 18.7 Å². The first kappa shape index (κ1) is 22.7. The fourth-order valence-electron chi connectivity index (χ4n) is 3.84. The van der Waals surface area contributed by atoms with Crippen LogP contribution in [-0.4, -0.2) is 55.0 Å². The average Bonchev–Trinajstić information content (AvgIpc) is 3.32. The van der Waals surface area contributed by atoms with Crippen molar-refractivity contribution in [1.82, 2.24) is 29.9 Å². The van der Waals surface area contributed by atoms with E-state index in [1.54, 1.807) is 24.0 Å². The van der Waals surface area contributed by atoms with Gasteiger partial charge in [-0.3, -0.25) is 4.79 Å². The number of halogens is 3. The second-order valence-corrected chi connectivity index (χ2v) is 8.11. The summed E-state index contributed by atoms with van der Waals surface area (Å²) in [6.45, 7) is 4.51. The molecule has 11 heteroatoms. The molecule has 8 nitrogen and oxygen atoms in total. The normalized spacial score (nSPS) is 18.9. The van der Waals surface area contributed by atoms with Crippen LogP contribution in [0.3, 0.4) is 0 Å². The van der Waals surface area contributed by atoms with Crippen molar-refractivity contribution in [1.29, 1.82) is 0 Å². The maximum absolute atomic E-state index is 13.5. The number of alkyl halides is 3. The minimum absolute atomic E-state index is 0.0729. The van der Waals surface area contributed by atoms with Gasteiger partial charge in [-0.1, -0.05) is 6.92 Å². The van der Waals surface area contributed by atoms with Crippen molar-refractivity contribution in [2.75, 3.05) is 13.2 Å². The minimum Gasteiger partial charge on any atom is -0.475 e. The van der Waals surface area contributed by atoms with Crippen LogP contribution in [0.2, 0.25) is 0 Å². The Morgan fingerprint density at radius 2 is 1.94 bits per heavy atom. The lowest BCUT2D eigenvalue weighted by Crippen LogP contribution is -2.49. The van der Waals surface area contributed by atoms with Gasteiger partial charge in [-0.2, -0.15) is 23.4 Å². The number of carbonyl (C=O) groups excluding carboxylic acids is 1. The highest BCUT2D eigenvalue weighted by molar-refractivity contribution is 5.96. The van der Waals surface area contributed by atoms with Gasteiger partial charge in [0.05, 0.1) is 24.0 Å². The van der Waals surface area contributed by atoms with Crippen molar-refractivity contribution in [2.24, 2.45) is 5.92 Å². The van der Waals surface area contributed by atoms with E-state index >= 15 is 0 Å². The van der Waals surface area contributed by atoms with Gasteiger partial charge in [0.1, 0.15) is 12.3 Å². The molecule has 0 aliphatic carbocycles. The number of rotatable bonds is 5. The number of likely N-dealkylation sites (tertiary alicyclic amines) is 1. The van der Waals surface area contributed by atoms with Gasteiger partial charge in [-0.15, -0.1) is 4.80 Å². The largest absolute Gasteiger partial charge is 0.475 e. The number of pyridine rings is 2. The van der Waals surface area contributed by atoms with E-state index in [0.29, 0.717) is 30.3 Å². The Morgan fingerprint density at radius 3 is 2.61 bits per heavy atom. The number of piperidine rings is 1. The number of aromatic nitrogens is 5. The van der Waals surface area contributed by atoms with E-state index in [1.807, 2.05) is 0 Å². The third-order valence-corrected chi connectivity index (χ3v) is 5.58. The zero-order chi connectivity index (χ0) is 23.6. The number of hydrogen-bond donors (Lipinski definition) is 0. The van der Waals surface area contributed by atoms with Crippen LogP contribution in [0, 0.1) is 12.8 Å². The Balaban J connectivity index is 1.54. The number of hydrogen-bond acceptors (Lipinski definition) is 6. The Morgan fingerprint density at radius 1 is 1.18 bits per heavy atom. The minimum atomic E-state index is -4.46. The summed E-state index contributed by atoms with van der Waals surface area (Å²) in [4.78, 5) is 24.8.